The first kappa shape index (κ1) is 11.6. The molecule has 0 atom stereocenters. The van der Waals surface area contributed by atoms with Crippen LogP contribution in [0.3, 0.4) is 0 Å². The predicted octanol–water partition coefficient (Wildman–Crippen LogP) is 1.45. The summed E-state index contributed by atoms with van der Waals surface area (Å²) in [5.41, 5.74) is 2.20. The lowest BCUT2D eigenvalue weighted by atomic mass is 9.89. The third-order valence-electron chi connectivity index (χ3n) is 3.20. The maximum atomic E-state index is 9.03. The molecule has 1 saturated carbocycles. The van der Waals surface area contributed by atoms with Crippen molar-refractivity contribution >= 4 is 0 Å². The van der Waals surface area contributed by atoms with E-state index in [1.165, 1.54) is 5.56 Å². The maximum absolute atomic E-state index is 9.03. The van der Waals surface area contributed by atoms with Gasteiger partial charge in [0.25, 0.3) is 0 Å². The molecule has 0 unspecified atom stereocenters. The first-order valence-corrected chi connectivity index (χ1v) is 5.76. The summed E-state index contributed by atoms with van der Waals surface area (Å²) >= 11 is 0. The van der Waals surface area contributed by atoms with Crippen LogP contribution in [-0.4, -0.2) is 24.4 Å². The lowest BCUT2D eigenvalue weighted by molar-refractivity contribution is 0.0170. The molecule has 1 aliphatic carbocycles. The van der Waals surface area contributed by atoms with E-state index in [0.29, 0.717) is 12.1 Å². The Bertz CT molecular complexity index is 334. The molecule has 0 amide bonds. The number of rotatable bonds is 5. The highest BCUT2D eigenvalue weighted by Crippen LogP contribution is 2.22. The van der Waals surface area contributed by atoms with Crippen molar-refractivity contribution in [2.45, 2.75) is 38.1 Å². The Balaban J connectivity index is 1.77. The Hall–Kier alpha value is -0.900. The van der Waals surface area contributed by atoms with Gasteiger partial charge in [-0.2, -0.15) is 0 Å². The Labute approximate surface area is 96.4 Å². The third kappa shape index (κ3) is 2.82. The molecule has 3 nitrogen and oxygen atoms in total. The molecule has 2 rings (SSSR count). The van der Waals surface area contributed by atoms with E-state index in [0.717, 1.165) is 24.9 Å². The van der Waals surface area contributed by atoms with Crippen LogP contribution in [-0.2, 0) is 17.9 Å². The highest BCUT2D eigenvalue weighted by Gasteiger charge is 2.28. The number of benzene rings is 1. The van der Waals surface area contributed by atoms with E-state index in [2.05, 4.69) is 11.4 Å². The Morgan fingerprint density at radius 3 is 2.81 bits per heavy atom. The monoisotopic (exact) mass is 221 g/mol. The van der Waals surface area contributed by atoms with Crippen LogP contribution in [0, 0.1) is 0 Å². The number of nitrogens with one attached hydrogen (secondary N) is 1. The first-order valence-electron chi connectivity index (χ1n) is 5.76. The smallest absolute Gasteiger partial charge is 0.0681 e. The van der Waals surface area contributed by atoms with Crippen molar-refractivity contribution in [3.63, 3.8) is 0 Å². The van der Waals surface area contributed by atoms with Crippen molar-refractivity contribution < 1.29 is 9.84 Å². The van der Waals surface area contributed by atoms with E-state index < -0.39 is 0 Å². The topological polar surface area (TPSA) is 41.5 Å². The molecule has 0 aromatic heterocycles. The second kappa shape index (κ2) is 5.43. The minimum Gasteiger partial charge on any atom is -0.392 e. The highest BCUT2D eigenvalue weighted by atomic mass is 16.5. The van der Waals surface area contributed by atoms with Gasteiger partial charge >= 0.3 is 0 Å². The summed E-state index contributed by atoms with van der Waals surface area (Å²) in [5, 5.41) is 12.5. The summed E-state index contributed by atoms with van der Waals surface area (Å²) in [5.74, 6) is 0. The average molecular weight is 221 g/mol. The van der Waals surface area contributed by atoms with Crippen molar-refractivity contribution in [2.75, 3.05) is 7.11 Å². The molecule has 3 heteroatoms. The van der Waals surface area contributed by atoms with E-state index >= 15 is 0 Å². The van der Waals surface area contributed by atoms with Crippen LogP contribution in [0.15, 0.2) is 24.3 Å². The molecule has 1 aromatic carbocycles. The molecule has 1 aliphatic rings. The van der Waals surface area contributed by atoms with Crippen LogP contribution in [0.25, 0.3) is 0 Å². The first-order chi connectivity index (χ1) is 7.81. The second-order valence-electron chi connectivity index (χ2n) is 4.39. The van der Waals surface area contributed by atoms with Gasteiger partial charge in [-0.15, -0.1) is 0 Å². The van der Waals surface area contributed by atoms with Gasteiger partial charge in [0, 0.05) is 19.7 Å². The number of aliphatic hydroxyl groups excluding tert-OH is 1. The van der Waals surface area contributed by atoms with Gasteiger partial charge in [-0.25, -0.2) is 0 Å². The van der Waals surface area contributed by atoms with Crippen molar-refractivity contribution in [3.05, 3.63) is 35.4 Å². The summed E-state index contributed by atoms with van der Waals surface area (Å²) in [6.07, 6.45) is 2.66. The zero-order valence-corrected chi connectivity index (χ0v) is 9.65. The van der Waals surface area contributed by atoms with Gasteiger partial charge in [0.15, 0.2) is 0 Å². The van der Waals surface area contributed by atoms with Crippen LogP contribution in [0.2, 0.25) is 0 Å². The van der Waals surface area contributed by atoms with Crippen molar-refractivity contribution in [3.8, 4) is 0 Å². The Morgan fingerprint density at radius 2 is 2.12 bits per heavy atom. The second-order valence-corrected chi connectivity index (χ2v) is 4.39. The summed E-state index contributed by atoms with van der Waals surface area (Å²) in [6.45, 7) is 0.984. The van der Waals surface area contributed by atoms with Crippen LogP contribution in [0.5, 0.6) is 0 Å². The Kier molecular flexibility index (Phi) is 3.93. The molecule has 0 saturated heterocycles. The Morgan fingerprint density at radius 1 is 1.38 bits per heavy atom. The van der Waals surface area contributed by atoms with E-state index in [4.69, 9.17) is 9.84 Å². The summed E-state index contributed by atoms with van der Waals surface area (Å²) < 4.78 is 5.23. The number of methoxy groups -OCH3 is 1. The van der Waals surface area contributed by atoms with Crippen LogP contribution >= 0.6 is 0 Å². The summed E-state index contributed by atoms with van der Waals surface area (Å²) in [4.78, 5) is 0. The molecule has 0 heterocycles. The zero-order valence-electron chi connectivity index (χ0n) is 9.65. The summed E-state index contributed by atoms with van der Waals surface area (Å²) in [7, 11) is 1.77. The van der Waals surface area contributed by atoms with E-state index in [1.807, 2.05) is 18.2 Å². The molecular weight excluding hydrogens is 202 g/mol. The fourth-order valence-corrected chi connectivity index (χ4v) is 2.02. The van der Waals surface area contributed by atoms with Gasteiger partial charge in [0.2, 0.25) is 0 Å². The van der Waals surface area contributed by atoms with Crippen molar-refractivity contribution in [1.82, 2.24) is 5.32 Å². The van der Waals surface area contributed by atoms with Crippen LogP contribution in [0.4, 0.5) is 0 Å². The van der Waals surface area contributed by atoms with Gasteiger partial charge < -0.3 is 15.2 Å². The standard InChI is InChI=1S/C13H19NO2/c1-16-13-6-12(7-13)14-8-10-3-2-4-11(5-10)9-15/h2-5,12-15H,6-9H2,1H3. The van der Waals surface area contributed by atoms with Gasteiger partial charge in [0.1, 0.15) is 0 Å². The average Bonchev–Trinajstić information content (AvgIpc) is 2.28. The molecule has 0 bridgehead atoms. The predicted molar refractivity (Wildman–Crippen MR) is 63.0 cm³/mol. The molecule has 2 N–H and O–H groups in total. The van der Waals surface area contributed by atoms with Gasteiger partial charge in [0.05, 0.1) is 12.7 Å². The molecule has 0 spiro atoms. The molecule has 1 fully saturated rings. The molecular formula is C13H19NO2. The molecule has 0 radical (unpaired) electrons. The van der Waals surface area contributed by atoms with E-state index in [9.17, 15) is 0 Å². The summed E-state index contributed by atoms with van der Waals surface area (Å²) in [6, 6.07) is 8.63. The number of ether oxygens (including phenoxy) is 1. The minimum atomic E-state index is 0.114. The van der Waals surface area contributed by atoms with Crippen LogP contribution < -0.4 is 5.32 Å². The molecule has 0 aliphatic heterocycles. The third-order valence-corrected chi connectivity index (χ3v) is 3.20. The van der Waals surface area contributed by atoms with Crippen molar-refractivity contribution in [1.29, 1.82) is 0 Å². The normalized spacial score (nSPS) is 24.1. The van der Waals surface area contributed by atoms with Crippen molar-refractivity contribution in [2.24, 2.45) is 0 Å². The number of aliphatic hydroxyl groups is 1. The molecule has 1 aromatic rings. The minimum absolute atomic E-state index is 0.114. The fourth-order valence-electron chi connectivity index (χ4n) is 2.02. The van der Waals surface area contributed by atoms with E-state index in [1.54, 1.807) is 7.11 Å². The van der Waals surface area contributed by atoms with Gasteiger partial charge in [-0.05, 0) is 24.0 Å². The lowest BCUT2D eigenvalue weighted by Gasteiger charge is -2.34. The van der Waals surface area contributed by atoms with Gasteiger partial charge in [-0.3, -0.25) is 0 Å². The zero-order chi connectivity index (χ0) is 11.4. The SMILES string of the molecule is COC1CC(NCc2cccc(CO)c2)C1. The van der Waals surface area contributed by atoms with Gasteiger partial charge in [-0.1, -0.05) is 24.3 Å². The largest absolute Gasteiger partial charge is 0.392 e. The number of hydrogen-bond donors (Lipinski definition) is 2. The van der Waals surface area contributed by atoms with Crippen LogP contribution in [0.1, 0.15) is 24.0 Å². The fraction of sp³-hybridized carbons (Fsp3) is 0.538. The maximum Gasteiger partial charge on any atom is 0.0681 e. The molecule has 88 valence electrons. The number of hydrogen-bond acceptors (Lipinski definition) is 3. The lowest BCUT2D eigenvalue weighted by Crippen LogP contribution is -2.44. The highest BCUT2D eigenvalue weighted by molar-refractivity contribution is 5.22. The quantitative estimate of drug-likeness (QED) is 0.790. The van der Waals surface area contributed by atoms with E-state index in [-0.39, 0.29) is 6.61 Å². The molecule has 16 heavy (non-hydrogen) atoms.